The molecule has 7 heteroatoms. The second kappa shape index (κ2) is 4.69. The van der Waals surface area contributed by atoms with Gasteiger partial charge in [0, 0.05) is 5.69 Å². The van der Waals surface area contributed by atoms with Gasteiger partial charge in [0.15, 0.2) is 5.65 Å². The van der Waals surface area contributed by atoms with Gasteiger partial charge in [-0.25, -0.2) is 9.78 Å². The van der Waals surface area contributed by atoms with E-state index in [-0.39, 0.29) is 11.2 Å². The summed E-state index contributed by atoms with van der Waals surface area (Å²) in [5.74, 6) is 0.577. The van der Waals surface area contributed by atoms with Gasteiger partial charge >= 0.3 is 5.69 Å². The van der Waals surface area contributed by atoms with Gasteiger partial charge < -0.3 is 10.3 Å². The maximum absolute atomic E-state index is 11.6. The van der Waals surface area contributed by atoms with Crippen LogP contribution in [0.5, 0.6) is 0 Å². The number of hydrogen-bond donors (Lipinski definition) is 4. The van der Waals surface area contributed by atoms with Crippen LogP contribution in [0.2, 0.25) is 0 Å². The molecule has 0 atom stereocenters. The summed E-state index contributed by atoms with van der Waals surface area (Å²) in [6.07, 6.45) is 0. The van der Waals surface area contributed by atoms with Crippen molar-refractivity contribution < 1.29 is 0 Å². The third-order valence-corrected chi connectivity index (χ3v) is 2.95. The molecule has 0 saturated carbocycles. The molecule has 0 bridgehead atoms. The average molecular weight is 271 g/mol. The van der Waals surface area contributed by atoms with Crippen molar-refractivity contribution in [2.75, 3.05) is 5.32 Å². The number of benzene rings is 1. The number of hydrogen-bond acceptors (Lipinski definition) is 4. The Morgan fingerprint density at radius 3 is 2.60 bits per heavy atom. The van der Waals surface area contributed by atoms with Crippen LogP contribution in [-0.4, -0.2) is 19.9 Å². The van der Waals surface area contributed by atoms with Crippen molar-refractivity contribution in [3.63, 3.8) is 0 Å². The molecule has 0 aliphatic carbocycles. The Morgan fingerprint density at radius 2 is 1.85 bits per heavy atom. The molecule has 3 aromatic rings. The fourth-order valence-electron chi connectivity index (χ4n) is 1.92. The summed E-state index contributed by atoms with van der Waals surface area (Å²) in [4.78, 5) is 34.4. The van der Waals surface area contributed by atoms with E-state index in [1.807, 2.05) is 31.2 Å². The van der Waals surface area contributed by atoms with Gasteiger partial charge in [-0.3, -0.25) is 14.8 Å². The quantitative estimate of drug-likeness (QED) is 0.566. The zero-order valence-electron chi connectivity index (χ0n) is 10.8. The van der Waals surface area contributed by atoms with Crippen LogP contribution in [0, 0.1) is 6.92 Å². The van der Waals surface area contributed by atoms with E-state index in [1.54, 1.807) is 0 Å². The molecule has 102 valence electrons. The first kappa shape index (κ1) is 12.2. The molecule has 4 N–H and O–H groups in total. The van der Waals surface area contributed by atoms with Gasteiger partial charge in [0.2, 0.25) is 0 Å². The molecule has 2 aromatic heterocycles. The lowest BCUT2D eigenvalue weighted by molar-refractivity contribution is 1.01. The maximum Gasteiger partial charge on any atom is 0.327 e. The summed E-state index contributed by atoms with van der Waals surface area (Å²) in [5, 5.41) is 3.19. The van der Waals surface area contributed by atoms with Crippen molar-refractivity contribution >= 4 is 16.9 Å². The van der Waals surface area contributed by atoms with Crippen LogP contribution in [0.3, 0.4) is 0 Å². The highest BCUT2D eigenvalue weighted by atomic mass is 16.2. The van der Waals surface area contributed by atoms with Crippen molar-refractivity contribution in [1.82, 2.24) is 19.9 Å². The van der Waals surface area contributed by atoms with E-state index in [2.05, 4.69) is 25.3 Å². The minimum atomic E-state index is -0.563. The van der Waals surface area contributed by atoms with E-state index < -0.39 is 11.2 Å². The summed E-state index contributed by atoms with van der Waals surface area (Å²) >= 11 is 0. The summed E-state index contributed by atoms with van der Waals surface area (Å²) in [6, 6.07) is 7.94. The molecule has 2 heterocycles. The van der Waals surface area contributed by atoms with E-state index in [1.165, 1.54) is 5.56 Å². The van der Waals surface area contributed by atoms with Crippen LogP contribution in [0.15, 0.2) is 33.9 Å². The molecule has 0 unspecified atom stereocenters. The first-order valence-electron chi connectivity index (χ1n) is 6.13. The third kappa shape index (κ3) is 2.33. The molecule has 0 amide bonds. The molecule has 0 aliphatic heterocycles. The average Bonchev–Trinajstić information content (AvgIpc) is 2.81. The molecular weight excluding hydrogens is 258 g/mol. The SMILES string of the molecule is Cc1ccc(NCc2nc3[nH]c(=O)[nH]c(=O)c3[nH]2)cc1. The predicted octanol–water partition coefficient (Wildman–Crippen LogP) is 0.860. The van der Waals surface area contributed by atoms with Crippen LogP contribution in [0.4, 0.5) is 5.69 Å². The second-order valence-corrected chi connectivity index (χ2v) is 4.53. The monoisotopic (exact) mass is 271 g/mol. The minimum absolute atomic E-state index is 0.263. The number of imidazole rings is 1. The highest BCUT2D eigenvalue weighted by Gasteiger charge is 2.07. The van der Waals surface area contributed by atoms with Crippen molar-refractivity contribution in [3.05, 3.63) is 56.5 Å². The van der Waals surface area contributed by atoms with Crippen LogP contribution in [-0.2, 0) is 6.54 Å². The van der Waals surface area contributed by atoms with Crippen LogP contribution in [0.25, 0.3) is 11.2 Å². The zero-order chi connectivity index (χ0) is 14.1. The molecule has 0 radical (unpaired) electrons. The van der Waals surface area contributed by atoms with Crippen molar-refractivity contribution in [2.24, 2.45) is 0 Å². The van der Waals surface area contributed by atoms with Crippen molar-refractivity contribution in [1.29, 1.82) is 0 Å². The van der Waals surface area contributed by atoms with Crippen LogP contribution in [0.1, 0.15) is 11.4 Å². The standard InChI is InChI=1S/C13H13N5O2/c1-7-2-4-8(5-3-7)14-6-9-15-10-11(16-9)17-13(20)18-12(10)19/h2-5,14H,6H2,1H3,(H3,15,16,17,18,19,20). The van der Waals surface area contributed by atoms with Crippen molar-refractivity contribution in [2.45, 2.75) is 13.5 Å². The molecule has 7 nitrogen and oxygen atoms in total. The Balaban J connectivity index is 1.84. The van der Waals surface area contributed by atoms with Gasteiger partial charge in [-0.05, 0) is 19.1 Å². The molecule has 3 rings (SSSR count). The molecular formula is C13H13N5O2. The minimum Gasteiger partial charge on any atom is -0.378 e. The summed E-state index contributed by atoms with van der Waals surface area (Å²) < 4.78 is 0. The van der Waals surface area contributed by atoms with Gasteiger partial charge in [0.05, 0.1) is 6.54 Å². The lowest BCUT2D eigenvalue weighted by Crippen LogP contribution is -2.21. The number of rotatable bonds is 3. The van der Waals surface area contributed by atoms with Crippen LogP contribution < -0.4 is 16.6 Å². The van der Waals surface area contributed by atoms with Gasteiger partial charge in [-0.15, -0.1) is 0 Å². The van der Waals surface area contributed by atoms with E-state index in [4.69, 9.17) is 0 Å². The first-order chi connectivity index (χ1) is 9.61. The topological polar surface area (TPSA) is 106 Å². The summed E-state index contributed by atoms with van der Waals surface area (Å²) in [6.45, 7) is 2.45. The number of aromatic amines is 3. The fourth-order valence-corrected chi connectivity index (χ4v) is 1.92. The normalized spacial score (nSPS) is 10.8. The number of H-pyrrole nitrogens is 3. The molecule has 0 fully saturated rings. The maximum atomic E-state index is 11.6. The third-order valence-electron chi connectivity index (χ3n) is 2.95. The first-order valence-corrected chi connectivity index (χ1v) is 6.13. The molecule has 20 heavy (non-hydrogen) atoms. The fraction of sp³-hybridized carbons (Fsp3) is 0.154. The summed E-state index contributed by atoms with van der Waals surface area (Å²) in [7, 11) is 0. The Bertz CT molecular complexity index is 857. The Hall–Kier alpha value is -2.83. The predicted molar refractivity (Wildman–Crippen MR) is 75.8 cm³/mol. The van der Waals surface area contributed by atoms with Gasteiger partial charge in [-0.2, -0.15) is 0 Å². The lowest BCUT2D eigenvalue weighted by atomic mass is 10.2. The smallest absolute Gasteiger partial charge is 0.327 e. The van der Waals surface area contributed by atoms with E-state index in [9.17, 15) is 9.59 Å². The van der Waals surface area contributed by atoms with Gasteiger partial charge in [0.25, 0.3) is 5.56 Å². The van der Waals surface area contributed by atoms with Crippen LogP contribution >= 0.6 is 0 Å². The second-order valence-electron chi connectivity index (χ2n) is 4.53. The molecule has 0 saturated heterocycles. The number of nitrogens with zero attached hydrogens (tertiary/aromatic N) is 1. The van der Waals surface area contributed by atoms with E-state index in [0.717, 1.165) is 5.69 Å². The van der Waals surface area contributed by atoms with Gasteiger partial charge in [-0.1, -0.05) is 17.7 Å². The zero-order valence-corrected chi connectivity index (χ0v) is 10.8. The van der Waals surface area contributed by atoms with E-state index >= 15 is 0 Å². The molecule has 0 aliphatic rings. The van der Waals surface area contributed by atoms with Gasteiger partial charge in [0.1, 0.15) is 11.3 Å². The lowest BCUT2D eigenvalue weighted by Gasteiger charge is -2.04. The molecule has 1 aromatic carbocycles. The number of aromatic nitrogens is 4. The number of fused-ring (bicyclic) bond motifs is 1. The number of nitrogens with one attached hydrogen (secondary N) is 4. The Morgan fingerprint density at radius 1 is 1.10 bits per heavy atom. The van der Waals surface area contributed by atoms with Crippen molar-refractivity contribution in [3.8, 4) is 0 Å². The van der Waals surface area contributed by atoms with E-state index in [0.29, 0.717) is 12.4 Å². The Labute approximate surface area is 113 Å². The Kier molecular flexibility index (Phi) is 2.86. The number of aryl methyl sites for hydroxylation is 1. The largest absolute Gasteiger partial charge is 0.378 e. The number of anilines is 1. The summed E-state index contributed by atoms with van der Waals surface area (Å²) in [5.41, 5.74) is 1.64. The highest BCUT2D eigenvalue weighted by Crippen LogP contribution is 2.10. The highest BCUT2D eigenvalue weighted by molar-refractivity contribution is 5.68. The molecule has 0 spiro atoms.